The van der Waals surface area contributed by atoms with E-state index >= 15 is 0 Å². The smallest absolute Gasteiger partial charge is 0.341 e. The summed E-state index contributed by atoms with van der Waals surface area (Å²) in [6.45, 7) is 0. The van der Waals surface area contributed by atoms with E-state index in [0.717, 1.165) is 5.56 Å². The summed E-state index contributed by atoms with van der Waals surface area (Å²) in [5.41, 5.74) is 1.99. The van der Waals surface area contributed by atoms with Crippen molar-refractivity contribution < 1.29 is 9.90 Å². The van der Waals surface area contributed by atoms with E-state index in [1.54, 1.807) is 12.3 Å². The SMILES string of the molecule is O=C(O)c1cnn2ccc(-c3ccccccccc3)nc12. The number of aromatic nitrogens is 3. The molecule has 0 saturated carbocycles. The Balaban J connectivity index is 2.18. The number of nitrogens with zero attached hydrogens (tertiary/aromatic N) is 3. The van der Waals surface area contributed by atoms with Crippen LogP contribution in [0.2, 0.25) is 0 Å². The molecule has 0 aliphatic carbocycles. The van der Waals surface area contributed by atoms with Crippen molar-refractivity contribution in [2.75, 3.05) is 0 Å². The fourth-order valence-electron chi connectivity index (χ4n) is 2.05. The van der Waals surface area contributed by atoms with E-state index in [9.17, 15) is 9.90 Å². The number of fused-ring (bicyclic) bond motifs is 1. The Hall–Kier alpha value is -3.21. The van der Waals surface area contributed by atoms with E-state index in [1.807, 2.05) is 54.6 Å². The molecule has 3 rings (SSSR count). The van der Waals surface area contributed by atoms with Crippen LogP contribution in [0, 0.1) is 0 Å². The highest BCUT2D eigenvalue weighted by atomic mass is 16.4. The van der Waals surface area contributed by atoms with Gasteiger partial charge in [-0.3, -0.25) is 0 Å². The van der Waals surface area contributed by atoms with E-state index in [2.05, 4.69) is 10.1 Å². The molecule has 0 saturated heterocycles. The number of carboxylic acid groups (broad SMARTS) is 1. The Morgan fingerprint density at radius 3 is 2.23 bits per heavy atom. The number of rotatable bonds is 2. The second kappa shape index (κ2) is 6.05. The molecule has 1 N–H and O–H groups in total. The van der Waals surface area contributed by atoms with Gasteiger partial charge in [-0.2, -0.15) is 5.10 Å². The monoisotopic (exact) mass is 291 g/mol. The Kier molecular flexibility index (Phi) is 3.78. The lowest BCUT2D eigenvalue weighted by molar-refractivity contribution is 0.0699. The van der Waals surface area contributed by atoms with Crippen LogP contribution in [0.5, 0.6) is 0 Å². The highest BCUT2D eigenvalue weighted by Gasteiger charge is 2.13. The average Bonchev–Trinajstić information content (AvgIpc) is 2.95. The molecule has 0 radical (unpaired) electrons. The first-order valence-electron chi connectivity index (χ1n) is 6.72. The Bertz CT molecular complexity index is 861. The summed E-state index contributed by atoms with van der Waals surface area (Å²) in [7, 11) is 0. The first-order valence-corrected chi connectivity index (χ1v) is 6.72. The van der Waals surface area contributed by atoms with Crippen molar-refractivity contribution in [3.8, 4) is 11.3 Å². The fraction of sp³-hybridized carbons (Fsp3) is 0. The van der Waals surface area contributed by atoms with Crippen LogP contribution >= 0.6 is 0 Å². The van der Waals surface area contributed by atoms with Crippen LogP contribution in [0.4, 0.5) is 0 Å². The second-order valence-electron chi connectivity index (χ2n) is 4.58. The maximum absolute atomic E-state index is 11.2. The molecule has 2 heterocycles. The summed E-state index contributed by atoms with van der Waals surface area (Å²) >= 11 is 0. The van der Waals surface area contributed by atoms with Gasteiger partial charge in [0.05, 0.1) is 11.9 Å². The number of hydrogen-bond acceptors (Lipinski definition) is 3. The van der Waals surface area contributed by atoms with Gasteiger partial charge in [-0.1, -0.05) is 54.6 Å². The molecular weight excluding hydrogens is 278 g/mol. The van der Waals surface area contributed by atoms with Crippen molar-refractivity contribution in [3.05, 3.63) is 78.6 Å². The molecule has 0 fully saturated rings. The van der Waals surface area contributed by atoms with Crippen molar-refractivity contribution in [2.24, 2.45) is 0 Å². The fourth-order valence-corrected chi connectivity index (χ4v) is 2.05. The topological polar surface area (TPSA) is 67.5 Å². The second-order valence-corrected chi connectivity index (χ2v) is 4.58. The average molecular weight is 291 g/mol. The number of aromatic carboxylic acids is 1. The van der Waals surface area contributed by atoms with Gasteiger partial charge in [0.25, 0.3) is 0 Å². The third-order valence-electron chi connectivity index (χ3n) is 3.11. The van der Waals surface area contributed by atoms with Gasteiger partial charge in [0.1, 0.15) is 5.56 Å². The molecule has 0 aliphatic heterocycles. The largest absolute Gasteiger partial charge is 0.477 e. The standard InChI is InChI=1S/C17H13N3O2/c21-17(22)14-12-18-20-11-10-15(19-16(14)20)13-8-6-4-2-1-3-5-7-9-13/h1-12H,(H,21,22). The molecule has 108 valence electrons. The normalized spacial score (nSPS) is 10.2. The molecule has 5 nitrogen and oxygen atoms in total. The van der Waals surface area contributed by atoms with E-state index < -0.39 is 5.97 Å². The zero-order valence-electron chi connectivity index (χ0n) is 11.6. The first-order chi connectivity index (χ1) is 10.8. The Labute approximate surface area is 126 Å². The number of hydrogen-bond donors (Lipinski definition) is 1. The number of carbonyl (C=O) groups is 1. The van der Waals surface area contributed by atoms with Crippen LogP contribution in [-0.4, -0.2) is 25.7 Å². The molecule has 5 heteroatoms. The predicted octanol–water partition coefficient (Wildman–Crippen LogP) is 3.22. The molecule has 1 aromatic carbocycles. The lowest BCUT2D eigenvalue weighted by atomic mass is 10.2. The molecule has 0 bridgehead atoms. The van der Waals surface area contributed by atoms with Crippen molar-refractivity contribution in [1.29, 1.82) is 0 Å². The van der Waals surface area contributed by atoms with Crippen LogP contribution in [0.1, 0.15) is 10.4 Å². The minimum absolute atomic E-state index is 0.0877. The maximum atomic E-state index is 11.2. The Morgan fingerprint density at radius 1 is 0.955 bits per heavy atom. The molecule has 22 heavy (non-hydrogen) atoms. The zero-order chi connectivity index (χ0) is 15.4. The minimum atomic E-state index is -1.04. The molecule has 3 aromatic rings. The van der Waals surface area contributed by atoms with E-state index in [0.29, 0.717) is 11.3 Å². The van der Waals surface area contributed by atoms with Gasteiger partial charge in [-0.25, -0.2) is 14.3 Å². The van der Waals surface area contributed by atoms with Gasteiger partial charge in [0.2, 0.25) is 0 Å². The highest BCUT2D eigenvalue weighted by Crippen LogP contribution is 2.17. The molecule has 0 spiro atoms. The molecule has 2 aromatic heterocycles. The third kappa shape index (κ3) is 2.78. The maximum Gasteiger partial charge on any atom is 0.341 e. The van der Waals surface area contributed by atoms with Gasteiger partial charge in [0, 0.05) is 11.8 Å². The van der Waals surface area contributed by atoms with E-state index in [4.69, 9.17) is 0 Å². The molecule has 0 atom stereocenters. The molecule has 0 amide bonds. The van der Waals surface area contributed by atoms with Crippen molar-refractivity contribution >= 4 is 11.6 Å². The van der Waals surface area contributed by atoms with Gasteiger partial charge in [-0.15, -0.1) is 0 Å². The molecule has 0 unspecified atom stereocenters. The van der Waals surface area contributed by atoms with Crippen LogP contribution in [-0.2, 0) is 0 Å². The van der Waals surface area contributed by atoms with Crippen molar-refractivity contribution in [3.63, 3.8) is 0 Å². The van der Waals surface area contributed by atoms with E-state index in [1.165, 1.54) is 10.7 Å². The van der Waals surface area contributed by atoms with Crippen LogP contribution in [0.15, 0.2) is 73.1 Å². The summed E-state index contributed by atoms with van der Waals surface area (Å²) in [6, 6.07) is 19.1. The summed E-state index contributed by atoms with van der Waals surface area (Å²) < 4.78 is 1.45. The van der Waals surface area contributed by atoms with Crippen LogP contribution in [0.3, 0.4) is 0 Å². The van der Waals surface area contributed by atoms with E-state index in [-0.39, 0.29) is 5.56 Å². The van der Waals surface area contributed by atoms with Crippen molar-refractivity contribution in [1.82, 2.24) is 14.6 Å². The molecule has 0 aliphatic rings. The van der Waals surface area contributed by atoms with Gasteiger partial charge >= 0.3 is 5.97 Å². The quantitative estimate of drug-likeness (QED) is 0.787. The Morgan fingerprint density at radius 2 is 1.59 bits per heavy atom. The van der Waals surface area contributed by atoms with Crippen LogP contribution < -0.4 is 0 Å². The summed E-state index contributed by atoms with van der Waals surface area (Å²) in [5.74, 6) is -1.04. The first kappa shape index (κ1) is 13.8. The van der Waals surface area contributed by atoms with Gasteiger partial charge < -0.3 is 5.11 Å². The summed E-state index contributed by atoms with van der Waals surface area (Å²) in [4.78, 5) is 15.6. The highest BCUT2D eigenvalue weighted by molar-refractivity contribution is 5.94. The van der Waals surface area contributed by atoms with Gasteiger partial charge in [-0.05, 0) is 6.07 Å². The minimum Gasteiger partial charge on any atom is -0.477 e. The summed E-state index contributed by atoms with van der Waals surface area (Å²) in [6.07, 6.45) is 3.01. The summed E-state index contributed by atoms with van der Waals surface area (Å²) in [5, 5.41) is 13.2. The van der Waals surface area contributed by atoms with Gasteiger partial charge in [0.15, 0.2) is 5.65 Å². The zero-order valence-corrected chi connectivity index (χ0v) is 11.6. The lowest BCUT2D eigenvalue weighted by Crippen LogP contribution is -1.98. The van der Waals surface area contributed by atoms with Crippen LogP contribution in [0.25, 0.3) is 16.9 Å². The molecular formula is C17H13N3O2. The third-order valence-corrected chi connectivity index (χ3v) is 3.11. The van der Waals surface area contributed by atoms with Crippen molar-refractivity contribution in [2.45, 2.75) is 0 Å². The number of carboxylic acids is 1. The predicted molar refractivity (Wildman–Crippen MR) is 83.0 cm³/mol. The lowest BCUT2D eigenvalue weighted by Gasteiger charge is -2.00.